The summed E-state index contributed by atoms with van der Waals surface area (Å²) in [5.41, 5.74) is 3.34. The third kappa shape index (κ3) is 4.81. The summed E-state index contributed by atoms with van der Waals surface area (Å²) >= 11 is 1.71. The van der Waals surface area contributed by atoms with E-state index in [2.05, 4.69) is 54.1 Å². The van der Waals surface area contributed by atoms with Gasteiger partial charge in [0.1, 0.15) is 0 Å². The largest absolute Gasteiger partial charge is 0.374 e. The Morgan fingerprint density at radius 3 is 2.84 bits per heavy atom. The smallest absolute Gasteiger partial charge is 0.259 e. The van der Waals surface area contributed by atoms with Crippen molar-refractivity contribution in [3.05, 3.63) is 33.1 Å². The fourth-order valence-corrected chi connectivity index (χ4v) is 5.12. The van der Waals surface area contributed by atoms with Crippen molar-refractivity contribution >= 4 is 28.3 Å². The number of rotatable bonds is 6. The number of amides is 1. The lowest BCUT2D eigenvalue weighted by Crippen LogP contribution is -2.48. The molecule has 0 spiro atoms. The second-order valence-electron chi connectivity index (χ2n) is 8.69. The van der Waals surface area contributed by atoms with Crippen LogP contribution in [0.5, 0.6) is 0 Å². The molecule has 0 radical (unpaired) electrons. The van der Waals surface area contributed by atoms with Gasteiger partial charge < -0.3 is 14.6 Å². The van der Waals surface area contributed by atoms with Gasteiger partial charge >= 0.3 is 0 Å². The highest BCUT2D eigenvalue weighted by molar-refractivity contribution is 7.12. The zero-order valence-electron chi connectivity index (χ0n) is 18.8. The summed E-state index contributed by atoms with van der Waals surface area (Å²) in [4.78, 5) is 22.6. The monoisotopic (exact) mass is 442 g/mol. The van der Waals surface area contributed by atoms with Gasteiger partial charge in [0.2, 0.25) is 0 Å². The van der Waals surface area contributed by atoms with Crippen LogP contribution in [-0.2, 0) is 4.74 Å². The van der Waals surface area contributed by atoms with E-state index in [0.717, 1.165) is 35.8 Å². The van der Waals surface area contributed by atoms with E-state index < -0.39 is 0 Å². The standard InChI is InChI=1S/C23H30N4O3S/c1-13(2)11-27-6-7-29-17(12-27)10-24-22(28)19-9-20(18-8-14(3)31-16(18)5)25-23-21(19)15(4)26-30-23/h8-9,13,17H,6-7,10-12H2,1-5H3,(H,24,28). The maximum atomic E-state index is 13.2. The van der Waals surface area contributed by atoms with Gasteiger partial charge in [-0.1, -0.05) is 19.0 Å². The molecule has 0 bridgehead atoms. The van der Waals surface area contributed by atoms with Gasteiger partial charge in [-0.3, -0.25) is 9.69 Å². The molecule has 0 aromatic carbocycles. The van der Waals surface area contributed by atoms with Crippen LogP contribution < -0.4 is 5.32 Å². The number of carbonyl (C=O) groups excluding carboxylic acids is 1. The Balaban J connectivity index is 1.56. The highest BCUT2D eigenvalue weighted by Gasteiger charge is 2.24. The lowest BCUT2D eigenvalue weighted by Gasteiger charge is -2.33. The van der Waals surface area contributed by atoms with Gasteiger partial charge in [0.15, 0.2) is 0 Å². The fraction of sp³-hybridized carbons (Fsp3) is 0.522. The van der Waals surface area contributed by atoms with E-state index in [4.69, 9.17) is 9.26 Å². The lowest BCUT2D eigenvalue weighted by atomic mass is 10.1. The maximum Gasteiger partial charge on any atom is 0.259 e. The number of nitrogens with one attached hydrogen (secondary N) is 1. The van der Waals surface area contributed by atoms with Gasteiger partial charge in [0.25, 0.3) is 11.6 Å². The van der Waals surface area contributed by atoms with E-state index in [0.29, 0.717) is 41.4 Å². The second-order valence-corrected chi connectivity index (χ2v) is 10.1. The van der Waals surface area contributed by atoms with Gasteiger partial charge in [-0.2, -0.15) is 0 Å². The van der Waals surface area contributed by atoms with Crippen LogP contribution in [0.4, 0.5) is 0 Å². The van der Waals surface area contributed by atoms with Crippen molar-refractivity contribution in [3.63, 3.8) is 0 Å². The molecule has 4 rings (SSSR count). The van der Waals surface area contributed by atoms with Crippen LogP contribution in [0, 0.1) is 26.7 Å². The Kier molecular flexibility index (Phi) is 6.41. The first-order valence-electron chi connectivity index (χ1n) is 10.8. The first-order chi connectivity index (χ1) is 14.8. The summed E-state index contributed by atoms with van der Waals surface area (Å²) in [5.74, 6) is 0.451. The molecule has 31 heavy (non-hydrogen) atoms. The topological polar surface area (TPSA) is 80.5 Å². The Bertz CT molecular complexity index is 1090. The third-order valence-corrected chi connectivity index (χ3v) is 6.48. The average Bonchev–Trinajstić information content (AvgIpc) is 3.26. The molecule has 4 heterocycles. The number of thiophene rings is 1. The van der Waals surface area contributed by atoms with Crippen molar-refractivity contribution in [3.8, 4) is 11.3 Å². The highest BCUT2D eigenvalue weighted by atomic mass is 32.1. The van der Waals surface area contributed by atoms with E-state index in [-0.39, 0.29) is 12.0 Å². The van der Waals surface area contributed by atoms with Crippen LogP contribution in [0.15, 0.2) is 16.7 Å². The van der Waals surface area contributed by atoms with E-state index in [9.17, 15) is 4.79 Å². The Morgan fingerprint density at radius 2 is 2.13 bits per heavy atom. The summed E-state index contributed by atoms with van der Waals surface area (Å²) in [6.45, 7) is 14.4. The summed E-state index contributed by atoms with van der Waals surface area (Å²) in [7, 11) is 0. The summed E-state index contributed by atoms with van der Waals surface area (Å²) in [5, 5.41) is 7.77. The van der Waals surface area contributed by atoms with Crippen molar-refractivity contribution in [2.24, 2.45) is 5.92 Å². The molecule has 1 aliphatic heterocycles. The predicted octanol–water partition coefficient (Wildman–Crippen LogP) is 3.96. The quantitative estimate of drug-likeness (QED) is 0.622. The van der Waals surface area contributed by atoms with Crippen LogP contribution in [0.1, 0.15) is 39.7 Å². The van der Waals surface area contributed by atoms with Crippen molar-refractivity contribution in [1.82, 2.24) is 20.4 Å². The second kappa shape index (κ2) is 9.06. The normalized spacial score (nSPS) is 17.5. The number of carbonyl (C=O) groups is 1. The first kappa shape index (κ1) is 21.9. The predicted molar refractivity (Wildman–Crippen MR) is 123 cm³/mol. The average molecular weight is 443 g/mol. The minimum atomic E-state index is -0.158. The van der Waals surface area contributed by atoms with Crippen molar-refractivity contribution < 1.29 is 14.1 Å². The van der Waals surface area contributed by atoms with Crippen LogP contribution in [0.25, 0.3) is 22.4 Å². The molecule has 1 N–H and O–H groups in total. The number of pyridine rings is 1. The molecule has 0 aliphatic carbocycles. The van der Waals surface area contributed by atoms with E-state index >= 15 is 0 Å². The van der Waals surface area contributed by atoms with Gasteiger partial charge in [-0.15, -0.1) is 11.3 Å². The molecule has 1 aliphatic rings. The number of ether oxygens (including phenoxy) is 1. The van der Waals surface area contributed by atoms with Crippen molar-refractivity contribution in [2.75, 3.05) is 32.8 Å². The zero-order valence-corrected chi connectivity index (χ0v) is 19.6. The molecular formula is C23H30N4O3S. The number of hydrogen-bond donors (Lipinski definition) is 1. The van der Waals surface area contributed by atoms with Gasteiger partial charge in [0.05, 0.1) is 35.0 Å². The number of fused-ring (bicyclic) bond motifs is 1. The van der Waals surface area contributed by atoms with Crippen LogP contribution in [0.2, 0.25) is 0 Å². The number of aryl methyl sites for hydroxylation is 3. The van der Waals surface area contributed by atoms with Gasteiger partial charge in [-0.25, -0.2) is 4.98 Å². The molecular weight excluding hydrogens is 412 g/mol. The van der Waals surface area contributed by atoms with E-state index in [1.807, 2.05) is 13.0 Å². The maximum absolute atomic E-state index is 13.2. The molecule has 3 aromatic heterocycles. The minimum absolute atomic E-state index is 0.0152. The highest BCUT2D eigenvalue weighted by Crippen LogP contribution is 2.32. The van der Waals surface area contributed by atoms with E-state index in [1.54, 1.807) is 11.3 Å². The SMILES string of the molecule is Cc1cc(-c2cc(C(=O)NCC3CN(CC(C)C)CCO3)c3c(C)noc3n2)c(C)s1. The summed E-state index contributed by atoms with van der Waals surface area (Å²) in [6.07, 6.45) is -0.0152. The van der Waals surface area contributed by atoms with Crippen molar-refractivity contribution in [2.45, 2.75) is 40.7 Å². The molecule has 166 valence electrons. The molecule has 1 atom stereocenters. The Hall–Kier alpha value is -2.29. The molecule has 0 saturated carbocycles. The summed E-state index contributed by atoms with van der Waals surface area (Å²) in [6, 6.07) is 3.95. The number of aromatic nitrogens is 2. The lowest BCUT2D eigenvalue weighted by molar-refractivity contribution is -0.0295. The summed E-state index contributed by atoms with van der Waals surface area (Å²) < 4.78 is 11.3. The zero-order chi connectivity index (χ0) is 22.1. The number of hydrogen-bond acceptors (Lipinski definition) is 7. The van der Waals surface area contributed by atoms with E-state index in [1.165, 1.54) is 4.88 Å². The van der Waals surface area contributed by atoms with Crippen molar-refractivity contribution in [1.29, 1.82) is 0 Å². The molecule has 1 unspecified atom stereocenters. The molecule has 7 nitrogen and oxygen atoms in total. The molecule has 1 saturated heterocycles. The van der Waals surface area contributed by atoms with Crippen LogP contribution in [-0.4, -0.2) is 59.8 Å². The Labute approximate surface area is 186 Å². The Morgan fingerprint density at radius 1 is 1.32 bits per heavy atom. The molecule has 1 amide bonds. The van der Waals surface area contributed by atoms with Gasteiger partial charge in [-0.05, 0) is 38.8 Å². The van der Waals surface area contributed by atoms with Gasteiger partial charge in [0, 0.05) is 41.5 Å². The molecule has 8 heteroatoms. The first-order valence-corrected chi connectivity index (χ1v) is 11.6. The molecule has 1 fully saturated rings. The molecule has 3 aromatic rings. The van der Waals surface area contributed by atoms with Crippen LogP contribution >= 0.6 is 11.3 Å². The minimum Gasteiger partial charge on any atom is -0.374 e. The number of nitrogens with zero attached hydrogens (tertiary/aromatic N) is 3. The fourth-order valence-electron chi connectivity index (χ4n) is 4.18. The van der Waals surface area contributed by atoms with Crippen LogP contribution in [0.3, 0.4) is 0 Å². The third-order valence-electron chi connectivity index (χ3n) is 5.52. The number of morpholine rings is 1.